The summed E-state index contributed by atoms with van der Waals surface area (Å²) in [6.45, 7) is 0.104. The molecule has 0 bridgehead atoms. The highest BCUT2D eigenvalue weighted by Crippen LogP contribution is 2.30. The van der Waals surface area contributed by atoms with Crippen LogP contribution in [0.15, 0.2) is 23.1 Å². The predicted octanol–water partition coefficient (Wildman–Crippen LogP) is 1.80. The molecule has 1 aromatic carbocycles. The fourth-order valence-electron chi connectivity index (χ4n) is 2.08. The summed E-state index contributed by atoms with van der Waals surface area (Å²) in [6.07, 6.45) is 1.40. The van der Waals surface area contributed by atoms with E-state index in [4.69, 9.17) is 23.2 Å². The molecular weight excluding hydrogens is 345 g/mol. The van der Waals surface area contributed by atoms with E-state index in [9.17, 15) is 16.8 Å². The average molecular weight is 358 g/mol. The van der Waals surface area contributed by atoms with E-state index in [1.807, 2.05) is 0 Å². The van der Waals surface area contributed by atoms with Crippen molar-refractivity contribution >= 4 is 43.1 Å². The van der Waals surface area contributed by atoms with Crippen molar-refractivity contribution in [2.75, 3.05) is 19.3 Å². The first-order valence-corrected chi connectivity index (χ1v) is 9.91. The number of nitrogens with zero attached hydrogens (tertiary/aromatic N) is 1. The van der Waals surface area contributed by atoms with Crippen molar-refractivity contribution in [3.63, 3.8) is 0 Å². The number of rotatable bonds is 3. The van der Waals surface area contributed by atoms with Gasteiger partial charge in [-0.3, -0.25) is 0 Å². The summed E-state index contributed by atoms with van der Waals surface area (Å²) in [6, 6.07) is 4.17. The first-order valence-electron chi connectivity index (χ1n) is 5.76. The number of sulfone groups is 1. The Hall–Kier alpha value is -0.340. The van der Waals surface area contributed by atoms with Crippen LogP contribution in [0.2, 0.25) is 10.0 Å². The van der Waals surface area contributed by atoms with Gasteiger partial charge in [0, 0.05) is 24.4 Å². The molecule has 0 aromatic heterocycles. The van der Waals surface area contributed by atoms with Crippen LogP contribution in [0.3, 0.4) is 0 Å². The molecule has 1 aromatic rings. The zero-order chi connectivity index (χ0) is 15.1. The maximum Gasteiger partial charge on any atom is 0.244 e. The molecule has 0 spiro atoms. The third kappa shape index (κ3) is 3.12. The topological polar surface area (TPSA) is 71.5 Å². The summed E-state index contributed by atoms with van der Waals surface area (Å²) in [5.41, 5.74) is 0. The van der Waals surface area contributed by atoms with E-state index in [2.05, 4.69) is 0 Å². The van der Waals surface area contributed by atoms with Crippen molar-refractivity contribution in [2.24, 2.45) is 0 Å². The molecule has 1 atom stereocenters. The molecule has 2 rings (SSSR count). The highest BCUT2D eigenvalue weighted by Gasteiger charge is 2.37. The van der Waals surface area contributed by atoms with Gasteiger partial charge >= 0.3 is 0 Å². The van der Waals surface area contributed by atoms with Gasteiger partial charge in [0.2, 0.25) is 10.0 Å². The summed E-state index contributed by atoms with van der Waals surface area (Å²) in [5, 5.41) is -0.348. The minimum atomic E-state index is -3.83. The third-order valence-corrected chi connectivity index (χ3v) is 7.40. The molecule has 1 unspecified atom stereocenters. The van der Waals surface area contributed by atoms with Gasteiger partial charge in [0.15, 0.2) is 9.84 Å². The van der Waals surface area contributed by atoms with E-state index >= 15 is 0 Å². The van der Waals surface area contributed by atoms with Gasteiger partial charge in [0.25, 0.3) is 0 Å². The summed E-state index contributed by atoms with van der Waals surface area (Å²) in [5.74, 6) is 0. The Morgan fingerprint density at radius 3 is 2.40 bits per heavy atom. The number of sulfonamides is 1. The molecule has 1 aliphatic heterocycles. The SMILES string of the molecule is CS(=O)(=O)C1CCN(S(=O)(=O)c2cc(Cl)ccc2Cl)C1. The fraction of sp³-hybridized carbons (Fsp3) is 0.455. The number of hydrogen-bond acceptors (Lipinski definition) is 4. The van der Waals surface area contributed by atoms with E-state index in [1.54, 1.807) is 0 Å². The molecule has 1 fully saturated rings. The van der Waals surface area contributed by atoms with Gasteiger partial charge in [-0.2, -0.15) is 4.31 Å². The Bertz CT molecular complexity index is 731. The lowest BCUT2D eigenvalue weighted by Crippen LogP contribution is -2.31. The number of halogens is 2. The molecule has 1 heterocycles. The van der Waals surface area contributed by atoms with E-state index in [0.29, 0.717) is 0 Å². The smallest absolute Gasteiger partial charge is 0.229 e. The lowest BCUT2D eigenvalue weighted by atomic mass is 10.4. The lowest BCUT2D eigenvalue weighted by Gasteiger charge is -2.17. The molecule has 9 heteroatoms. The first-order chi connectivity index (χ1) is 9.12. The highest BCUT2D eigenvalue weighted by atomic mass is 35.5. The molecule has 0 saturated carbocycles. The second-order valence-electron chi connectivity index (χ2n) is 4.68. The Kier molecular flexibility index (Phi) is 4.37. The molecule has 0 amide bonds. The van der Waals surface area contributed by atoms with Gasteiger partial charge in [-0.25, -0.2) is 16.8 Å². The molecule has 0 N–H and O–H groups in total. The summed E-state index contributed by atoms with van der Waals surface area (Å²) in [7, 11) is -7.09. The van der Waals surface area contributed by atoms with Gasteiger partial charge < -0.3 is 0 Å². The third-order valence-electron chi connectivity index (χ3n) is 3.22. The van der Waals surface area contributed by atoms with Crippen LogP contribution in [0.1, 0.15) is 6.42 Å². The maximum atomic E-state index is 12.5. The summed E-state index contributed by atoms with van der Waals surface area (Å²) >= 11 is 11.7. The Morgan fingerprint density at radius 2 is 1.85 bits per heavy atom. The van der Waals surface area contributed by atoms with Gasteiger partial charge in [0.05, 0.1) is 10.3 Å². The van der Waals surface area contributed by atoms with Crippen molar-refractivity contribution in [1.82, 2.24) is 4.31 Å². The van der Waals surface area contributed by atoms with Crippen LogP contribution in [-0.2, 0) is 19.9 Å². The molecule has 0 radical (unpaired) electrons. The van der Waals surface area contributed by atoms with Crippen molar-refractivity contribution in [1.29, 1.82) is 0 Å². The van der Waals surface area contributed by atoms with Crippen molar-refractivity contribution in [3.8, 4) is 0 Å². The number of benzene rings is 1. The second kappa shape index (κ2) is 5.46. The fourth-order valence-corrected chi connectivity index (χ4v) is 5.40. The first kappa shape index (κ1) is 16.0. The van der Waals surface area contributed by atoms with E-state index in [0.717, 1.165) is 10.6 Å². The van der Waals surface area contributed by atoms with Crippen LogP contribution in [0.5, 0.6) is 0 Å². The van der Waals surface area contributed by atoms with Gasteiger partial charge in [0.1, 0.15) is 4.90 Å². The Morgan fingerprint density at radius 1 is 1.20 bits per heavy atom. The monoisotopic (exact) mass is 357 g/mol. The molecule has 5 nitrogen and oxygen atoms in total. The molecule has 20 heavy (non-hydrogen) atoms. The molecular formula is C11H13Cl2NO4S2. The summed E-state index contributed by atoms with van der Waals surface area (Å²) < 4.78 is 49.1. The zero-order valence-corrected chi connectivity index (χ0v) is 13.7. The van der Waals surface area contributed by atoms with Crippen molar-refractivity contribution in [2.45, 2.75) is 16.6 Å². The predicted molar refractivity (Wildman–Crippen MR) is 78.5 cm³/mol. The van der Waals surface area contributed by atoms with E-state index in [1.165, 1.54) is 18.2 Å². The van der Waals surface area contributed by atoms with Crippen molar-refractivity contribution < 1.29 is 16.8 Å². The quantitative estimate of drug-likeness (QED) is 0.826. The van der Waals surface area contributed by atoms with Crippen LogP contribution in [-0.4, -0.2) is 45.7 Å². The van der Waals surface area contributed by atoms with Crippen molar-refractivity contribution in [3.05, 3.63) is 28.2 Å². The Balaban J connectivity index is 2.36. The van der Waals surface area contributed by atoms with Gasteiger partial charge in [-0.1, -0.05) is 23.2 Å². The average Bonchev–Trinajstić information content (AvgIpc) is 2.82. The van der Waals surface area contributed by atoms with Crippen LogP contribution in [0, 0.1) is 0 Å². The maximum absolute atomic E-state index is 12.5. The molecule has 1 aliphatic rings. The Labute approximate surface area is 128 Å². The van der Waals surface area contributed by atoms with Crippen LogP contribution in [0.25, 0.3) is 0 Å². The lowest BCUT2D eigenvalue weighted by molar-refractivity contribution is 0.477. The molecule has 1 saturated heterocycles. The second-order valence-corrected chi connectivity index (χ2v) is 9.75. The van der Waals surface area contributed by atoms with Gasteiger partial charge in [-0.05, 0) is 24.6 Å². The standard InChI is InChI=1S/C11H13Cl2NO4S2/c1-19(15,16)9-4-5-14(7-9)20(17,18)11-6-8(12)2-3-10(11)13/h2-3,6,9H,4-5,7H2,1H3. The van der Waals surface area contributed by atoms with Crippen LogP contribution < -0.4 is 0 Å². The minimum Gasteiger partial charge on any atom is -0.229 e. The molecule has 0 aliphatic carbocycles. The van der Waals surface area contributed by atoms with Crippen LogP contribution >= 0.6 is 23.2 Å². The zero-order valence-electron chi connectivity index (χ0n) is 10.6. The largest absolute Gasteiger partial charge is 0.244 e. The van der Waals surface area contributed by atoms with Gasteiger partial charge in [-0.15, -0.1) is 0 Å². The molecule has 112 valence electrons. The van der Waals surface area contributed by atoms with Crippen LogP contribution in [0.4, 0.5) is 0 Å². The minimum absolute atomic E-state index is 0.0516. The highest BCUT2D eigenvalue weighted by molar-refractivity contribution is 7.91. The summed E-state index contributed by atoms with van der Waals surface area (Å²) in [4.78, 5) is -0.0965. The van der Waals surface area contributed by atoms with E-state index < -0.39 is 25.1 Å². The normalized spacial score (nSPS) is 21.2. The van der Waals surface area contributed by atoms with E-state index in [-0.39, 0.29) is 34.5 Å². The number of hydrogen-bond donors (Lipinski definition) is 0.